The van der Waals surface area contributed by atoms with Crippen LogP contribution in [0, 0.1) is 0 Å². The molecule has 1 heterocycles. The van der Waals surface area contributed by atoms with Crippen LogP contribution in [0.5, 0.6) is 0 Å². The first-order chi connectivity index (χ1) is 6.07. The van der Waals surface area contributed by atoms with E-state index in [9.17, 15) is 9.50 Å². The summed E-state index contributed by atoms with van der Waals surface area (Å²) in [6.45, 7) is 1.65. The lowest BCUT2D eigenvalue weighted by atomic mass is 9.95. The molecule has 1 aliphatic heterocycles. The van der Waals surface area contributed by atoms with Crippen molar-refractivity contribution in [3.63, 3.8) is 0 Å². The molecule has 1 N–H and O–H groups in total. The number of fused-ring (bicyclic) bond motifs is 1. The molecule has 4 heteroatoms. The minimum Gasteiger partial charge on any atom is -0.386 e. The molecule has 1 fully saturated rings. The summed E-state index contributed by atoms with van der Waals surface area (Å²) in [5.41, 5.74) is -0.573. The van der Waals surface area contributed by atoms with Gasteiger partial charge in [0.2, 0.25) is 0 Å². The summed E-state index contributed by atoms with van der Waals surface area (Å²) in [4.78, 5) is 0. The Morgan fingerprint density at radius 3 is 2.92 bits per heavy atom. The van der Waals surface area contributed by atoms with Gasteiger partial charge in [0.15, 0.2) is 6.29 Å². The van der Waals surface area contributed by atoms with Gasteiger partial charge >= 0.3 is 0 Å². The predicted molar refractivity (Wildman–Crippen MR) is 43.7 cm³/mol. The molecule has 2 aliphatic rings. The van der Waals surface area contributed by atoms with Crippen LogP contribution in [0.3, 0.4) is 0 Å². The highest BCUT2D eigenvalue weighted by Gasteiger charge is 2.53. The van der Waals surface area contributed by atoms with Crippen LogP contribution in [0.25, 0.3) is 0 Å². The summed E-state index contributed by atoms with van der Waals surface area (Å²) in [7, 11) is 1.52. The Morgan fingerprint density at radius 1 is 1.69 bits per heavy atom. The smallest absolute Gasteiger partial charge is 0.161 e. The lowest BCUT2D eigenvalue weighted by Gasteiger charge is -2.20. The van der Waals surface area contributed by atoms with Crippen molar-refractivity contribution in [1.29, 1.82) is 0 Å². The highest BCUT2D eigenvalue weighted by Crippen LogP contribution is 2.46. The largest absolute Gasteiger partial charge is 0.386 e. The van der Waals surface area contributed by atoms with Crippen molar-refractivity contribution in [2.75, 3.05) is 7.11 Å². The highest BCUT2D eigenvalue weighted by atomic mass is 19.1. The maximum absolute atomic E-state index is 13.1. The molecular weight excluding hydrogens is 175 g/mol. The maximum atomic E-state index is 13.1. The number of hydrogen-bond acceptors (Lipinski definition) is 3. The molecule has 0 saturated carbocycles. The number of ether oxygens (including phenoxy) is 2. The van der Waals surface area contributed by atoms with Crippen molar-refractivity contribution in [2.24, 2.45) is 0 Å². The molecule has 0 radical (unpaired) electrons. The minimum absolute atomic E-state index is 0.0589. The van der Waals surface area contributed by atoms with E-state index in [-0.39, 0.29) is 12.2 Å². The third-order valence-corrected chi connectivity index (χ3v) is 2.84. The van der Waals surface area contributed by atoms with Crippen LogP contribution in [0.4, 0.5) is 4.39 Å². The predicted octanol–water partition coefficient (Wildman–Crippen LogP) is 1.13. The molecule has 0 bridgehead atoms. The van der Waals surface area contributed by atoms with E-state index in [1.165, 1.54) is 7.11 Å². The van der Waals surface area contributed by atoms with Gasteiger partial charge in [0.25, 0.3) is 0 Å². The zero-order valence-electron chi connectivity index (χ0n) is 7.71. The molecule has 0 unspecified atom stereocenters. The van der Waals surface area contributed by atoms with E-state index in [0.717, 1.165) is 0 Å². The van der Waals surface area contributed by atoms with E-state index in [2.05, 4.69) is 0 Å². The second-order valence-corrected chi connectivity index (χ2v) is 3.75. The molecule has 3 nitrogen and oxygen atoms in total. The van der Waals surface area contributed by atoms with E-state index >= 15 is 0 Å². The molecule has 13 heavy (non-hydrogen) atoms. The Morgan fingerprint density at radius 2 is 2.38 bits per heavy atom. The van der Waals surface area contributed by atoms with Crippen molar-refractivity contribution in [3.05, 3.63) is 11.4 Å². The fourth-order valence-electron chi connectivity index (χ4n) is 2.08. The number of methoxy groups -OCH3 is 1. The second kappa shape index (κ2) is 2.77. The van der Waals surface area contributed by atoms with Gasteiger partial charge in [-0.05, 0) is 12.5 Å². The molecule has 0 spiro atoms. The summed E-state index contributed by atoms with van der Waals surface area (Å²) in [6.07, 6.45) is -0.516. The van der Waals surface area contributed by atoms with Crippen molar-refractivity contribution in [3.8, 4) is 0 Å². The Labute approximate surface area is 76.1 Å². The van der Waals surface area contributed by atoms with Gasteiger partial charge in [0.05, 0.1) is 0 Å². The summed E-state index contributed by atoms with van der Waals surface area (Å²) < 4.78 is 23.4. The zero-order chi connectivity index (χ0) is 9.64. The number of rotatable bonds is 1. The minimum atomic E-state index is -1.07. The second-order valence-electron chi connectivity index (χ2n) is 3.75. The molecular formula is C9H13FO3. The lowest BCUT2D eigenvalue weighted by Crippen LogP contribution is -2.34. The van der Waals surface area contributed by atoms with Crippen LogP contribution in [-0.4, -0.2) is 30.2 Å². The molecule has 74 valence electrons. The summed E-state index contributed by atoms with van der Waals surface area (Å²) >= 11 is 0. The Balaban J connectivity index is 2.22. The molecule has 0 aromatic carbocycles. The molecule has 0 aromatic rings. The van der Waals surface area contributed by atoms with Crippen molar-refractivity contribution in [1.82, 2.24) is 0 Å². The van der Waals surface area contributed by atoms with Gasteiger partial charge in [-0.3, -0.25) is 0 Å². The molecule has 1 saturated heterocycles. The van der Waals surface area contributed by atoms with E-state index in [0.29, 0.717) is 12.0 Å². The summed E-state index contributed by atoms with van der Waals surface area (Å²) in [6, 6.07) is 0. The zero-order valence-corrected chi connectivity index (χ0v) is 7.71. The van der Waals surface area contributed by atoms with Crippen LogP contribution in [0.1, 0.15) is 19.8 Å². The Bertz CT molecular complexity index is 264. The van der Waals surface area contributed by atoms with Gasteiger partial charge in [0.1, 0.15) is 17.5 Å². The van der Waals surface area contributed by atoms with Gasteiger partial charge in [-0.1, -0.05) is 0 Å². The molecule has 1 aliphatic carbocycles. The number of aliphatic hydroxyl groups is 1. The third-order valence-electron chi connectivity index (χ3n) is 2.84. The van der Waals surface area contributed by atoms with Crippen molar-refractivity contribution < 1.29 is 19.0 Å². The lowest BCUT2D eigenvalue weighted by molar-refractivity contribution is -0.110. The average molecular weight is 188 g/mol. The Hall–Kier alpha value is -0.450. The SMILES string of the molecule is CO[C@H]1C[C@@]2(O)CC(F)=C(C)[C@H]2O1. The average Bonchev–Trinajstić information content (AvgIpc) is 2.49. The van der Waals surface area contributed by atoms with E-state index in [1.54, 1.807) is 6.92 Å². The molecule has 0 amide bonds. The van der Waals surface area contributed by atoms with E-state index < -0.39 is 18.0 Å². The van der Waals surface area contributed by atoms with Gasteiger partial charge < -0.3 is 14.6 Å². The summed E-state index contributed by atoms with van der Waals surface area (Å²) in [5, 5.41) is 9.99. The van der Waals surface area contributed by atoms with E-state index in [4.69, 9.17) is 9.47 Å². The quantitative estimate of drug-likeness (QED) is 0.670. The van der Waals surface area contributed by atoms with E-state index in [1.807, 2.05) is 0 Å². The van der Waals surface area contributed by atoms with Gasteiger partial charge in [-0.2, -0.15) is 0 Å². The molecule has 0 aromatic heterocycles. The molecule has 3 atom stereocenters. The monoisotopic (exact) mass is 188 g/mol. The van der Waals surface area contributed by atoms with Crippen LogP contribution in [0.15, 0.2) is 11.4 Å². The topological polar surface area (TPSA) is 38.7 Å². The third kappa shape index (κ3) is 1.21. The first kappa shape index (κ1) is 9.12. The van der Waals surface area contributed by atoms with Crippen molar-refractivity contribution >= 4 is 0 Å². The van der Waals surface area contributed by atoms with Gasteiger partial charge in [-0.25, -0.2) is 4.39 Å². The van der Waals surface area contributed by atoms with Crippen LogP contribution >= 0.6 is 0 Å². The van der Waals surface area contributed by atoms with Crippen molar-refractivity contribution in [2.45, 2.75) is 37.8 Å². The highest BCUT2D eigenvalue weighted by molar-refractivity contribution is 5.27. The number of hydrogen-bond donors (Lipinski definition) is 1. The standard InChI is InChI=1S/C9H13FO3/c1-5-6(10)3-9(11)4-7(12-2)13-8(5)9/h7-8,11H,3-4H2,1-2H3/t7-,8-,9+/m1/s1. The Kier molecular flexibility index (Phi) is 1.94. The van der Waals surface area contributed by atoms with Crippen LogP contribution in [-0.2, 0) is 9.47 Å². The first-order valence-electron chi connectivity index (χ1n) is 4.32. The fraction of sp³-hybridized carbons (Fsp3) is 0.778. The summed E-state index contributed by atoms with van der Waals surface area (Å²) in [5.74, 6) is -0.248. The molecule has 2 rings (SSSR count). The van der Waals surface area contributed by atoms with Gasteiger partial charge in [0, 0.05) is 20.0 Å². The van der Waals surface area contributed by atoms with Gasteiger partial charge in [-0.15, -0.1) is 0 Å². The van der Waals surface area contributed by atoms with Crippen LogP contribution < -0.4 is 0 Å². The normalized spacial score (nSPS) is 44.3. The maximum Gasteiger partial charge on any atom is 0.161 e. The first-order valence-corrected chi connectivity index (χ1v) is 4.32. The van der Waals surface area contributed by atoms with Crippen LogP contribution in [0.2, 0.25) is 0 Å². The fourth-order valence-corrected chi connectivity index (χ4v) is 2.08. The number of halogens is 1.